The van der Waals surface area contributed by atoms with Crippen LogP contribution < -0.4 is 0 Å². The van der Waals surface area contributed by atoms with Gasteiger partial charge in [-0.3, -0.25) is 4.90 Å². The average molecular weight is 279 g/mol. The van der Waals surface area contributed by atoms with Gasteiger partial charge in [0.15, 0.2) is 0 Å². The summed E-state index contributed by atoms with van der Waals surface area (Å²) in [5.41, 5.74) is 0.811. The van der Waals surface area contributed by atoms with E-state index in [4.69, 9.17) is 32.1 Å². The van der Waals surface area contributed by atoms with Gasteiger partial charge in [-0.15, -0.1) is 0 Å². The van der Waals surface area contributed by atoms with Crippen molar-refractivity contribution in [1.29, 1.82) is 0 Å². The van der Waals surface area contributed by atoms with Crippen molar-refractivity contribution >= 4 is 23.2 Å². The first-order chi connectivity index (χ1) is 9.33. The highest BCUT2D eigenvalue weighted by molar-refractivity contribution is 6.32. The van der Waals surface area contributed by atoms with E-state index in [1.165, 1.54) is 0 Å². The minimum absolute atomic E-state index is 0.128. The highest BCUT2D eigenvalue weighted by Crippen LogP contribution is 2.19. The van der Waals surface area contributed by atoms with Gasteiger partial charge in [-0.1, -0.05) is 11.6 Å². The fourth-order valence-electron chi connectivity index (χ4n) is 1.90. The number of hydrogen-bond donors (Lipinski definition) is 0. The van der Waals surface area contributed by atoms with E-state index >= 15 is 0 Å². The van der Waals surface area contributed by atoms with Gasteiger partial charge in [-0.2, -0.15) is 0 Å². The van der Waals surface area contributed by atoms with Gasteiger partial charge >= 0.3 is 0 Å². The number of nitrogens with zero attached hydrogens (tertiary/aromatic N) is 3. The lowest BCUT2D eigenvalue weighted by atomic mass is 10.1. The summed E-state index contributed by atoms with van der Waals surface area (Å²) in [4.78, 5) is 9.97. The molecule has 0 spiro atoms. The molecule has 0 atom stereocenters. The summed E-state index contributed by atoms with van der Waals surface area (Å²) in [7, 11) is -2.32. The summed E-state index contributed by atoms with van der Waals surface area (Å²) >= 11 is 11.7. The van der Waals surface area contributed by atoms with Gasteiger partial charge in [-0.25, -0.2) is 9.97 Å². The van der Waals surface area contributed by atoms with Crippen LogP contribution in [0.1, 0.15) is 22.5 Å². The molecule has 1 aromatic rings. The van der Waals surface area contributed by atoms with Gasteiger partial charge in [0, 0.05) is 38.4 Å². The van der Waals surface area contributed by atoms with E-state index in [9.17, 15) is 0 Å². The van der Waals surface area contributed by atoms with E-state index in [0.717, 1.165) is 18.7 Å². The third-order valence-corrected chi connectivity index (χ3v) is 3.39. The zero-order chi connectivity index (χ0) is 14.8. The van der Waals surface area contributed by atoms with Crippen molar-refractivity contribution in [3.8, 4) is 0 Å². The summed E-state index contributed by atoms with van der Waals surface area (Å²) in [6.07, 6.45) is 2.77. The first-order valence-electron chi connectivity index (χ1n) is 6.90. The summed E-state index contributed by atoms with van der Waals surface area (Å²) in [6, 6.07) is 0. The Hall–Kier alpha value is -0.420. The zero-order valence-electron chi connectivity index (χ0n) is 12.2. The molecule has 1 fully saturated rings. The van der Waals surface area contributed by atoms with Crippen LogP contribution in [-0.2, 0) is 11.3 Å². The molecular weight excluding hydrogens is 261 g/mol. The molecule has 1 aromatic heterocycles. The van der Waals surface area contributed by atoms with Crippen LogP contribution in [0.3, 0.4) is 0 Å². The molecule has 1 aliphatic heterocycles. The van der Waals surface area contributed by atoms with E-state index in [2.05, 4.69) is 14.9 Å². The molecule has 0 saturated carbocycles. The van der Waals surface area contributed by atoms with Gasteiger partial charge < -0.3 is 4.74 Å². The molecule has 1 saturated heterocycles. The predicted octanol–water partition coefficient (Wildman–Crippen LogP) is 2.39. The van der Waals surface area contributed by atoms with Crippen molar-refractivity contribution in [2.75, 3.05) is 20.1 Å². The number of ether oxygens (including phenoxy) is 1. The standard InChI is InChI=1S/C11H15Cl2N3O/c1-17-9-2-4-16(5-3-9)7-8-6-14-11(13)15-10(8)12/h6,9H,2-5,7H2,1H3/i1D3. The van der Waals surface area contributed by atoms with E-state index in [-0.39, 0.29) is 11.4 Å². The van der Waals surface area contributed by atoms with Crippen LogP contribution in [-0.4, -0.2) is 41.1 Å². The molecule has 94 valence electrons. The van der Waals surface area contributed by atoms with Crippen molar-refractivity contribution in [3.05, 3.63) is 22.2 Å². The molecule has 2 heterocycles. The Bertz CT molecular complexity index is 465. The first-order valence-corrected chi connectivity index (χ1v) is 6.16. The quantitative estimate of drug-likeness (QED) is 0.629. The van der Waals surface area contributed by atoms with Crippen LogP contribution in [0.4, 0.5) is 0 Å². The molecule has 0 radical (unpaired) electrons. The number of halogens is 2. The molecule has 0 bridgehead atoms. The van der Waals surface area contributed by atoms with Crippen LogP contribution in [0.25, 0.3) is 0 Å². The maximum absolute atomic E-state index is 7.10. The number of hydrogen-bond acceptors (Lipinski definition) is 4. The number of piperidine rings is 1. The molecule has 1 aliphatic rings. The molecule has 4 nitrogen and oxygen atoms in total. The van der Waals surface area contributed by atoms with Gasteiger partial charge in [0.25, 0.3) is 0 Å². The van der Waals surface area contributed by atoms with Crippen LogP contribution in [0, 0.1) is 0 Å². The minimum atomic E-state index is -2.32. The molecule has 0 unspecified atom stereocenters. The van der Waals surface area contributed by atoms with Gasteiger partial charge in [0.2, 0.25) is 5.28 Å². The largest absolute Gasteiger partial charge is 0.381 e. The number of methoxy groups -OCH3 is 1. The van der Waals surface area contributed by atoms with Gasteiger partial charge in [-0.05, 0) is 24.4 Å². The Morgan fingerprint density at radius 1 is 1.53 bits per heavy atom. The molecule has 0 amide bonds. The third-order valence-electron chi connectivity index (χ3n) is 2.88. The average Bonchev–Trinajstić information content (AvgIpc) is 2.33. The topological polar surface area (TPSA) is 38.2 Å². The number of aromatic nitrogens is 2. The molecule has 17 heavy (non-hydrogen) atoms. The van der Waals surface area contributed by atoms with Crippen LogP contribution in [0.2, 0.25) is 10.4 Å². The molecular formula is C11H15Cl2N3O. The molecule has 0 N–H and O–H groups in total. The lowest BCUT2D eigenvalue weighted by molar-refractivity contribution is 0.0388. The minimum Gasteiger partial charge on any atom is -0.381 e. The number of likely N-dealkylation sites (tertiary alicyclic amines) is 1. The highest BCUT2D eigenvalue weighted by atomic mass is 35.5. The summed E-state index contributed by atoms with van der Waals surface area (Å²) in [5, 5.41) is 0.481. The zero-order valence-corrected chi connectivity index (χ0v) is 10.7. The Kier molecular flexibility index (Phi) is 3.33. The molecule has 6 heteroatoms. The lowest BCUT2D eigenvalue weighted by Gasteiger charge is -2.31. The maximum Gasteiger partial charge on any atom is 0.223 e. The summed E-state index contributed by atoms with van der Waals surface area (Å²) in [6.45, 7) is 2.12. The van der Waals surface area contributed by atoms with E-state index in [0.29, 0.717) is 24.5 Å². The Morgan fingerprint density at radius 3 is 2.94 bits per heavy atom. The fraction of sp³-hybridized carbons (Fsp3) is 0.636. The highest BCUT2D eigenvalue weighted by Gasteiger charge is 2.19. The molecule has 0 aromatic carbocycles. The van der Waals surface area contributed by atoms with Crippen molar-refractivity contribution in [2.24, 2.45) is 0 Å². The van der Waals surface area contributed by atoms with Crippen molar-refractivity contribution in [3.63, 3.8) is 0 Å². The summed E-state index contributed by atoms with van der Waals surface area (Å²) < 4.78 is 26.3. The smallest absolute Gasteiger partial charge is 0.223 e. The monoisotopic (exact) mass is 278 g/mol. The van der Waals surface area contributed by atoms with E-state index < -0.39 is 7.04 Å². The van der Waals surface area contributed by atoms with E-state index in [1.54, 1.807) is 6.20 Å². The van der Waals surface area contributed by atoms with Crippen LogP contribution >= 0.6 is 23.2 Å². The van der Waals surface area contributed by atoms with E-state index in [1.807, 2.05) is 0 Å². The first kappa shape index (κ1) is 9.50. The SMILES string of the molecule is [2H]C([2H])([2H])OC1CCN(Cc2cnc(Cl)nc2Cl)CC1. The normalized spacial score (nSPS) is 21.9. The predicted molar refractivity (Wildman–Crippen MR) is 67.4 cm³/mol. The van der Waals surface area contributed by atoms with Crippen molar-refractivity contribution in [2.45, 2.75) is 25.5 Å². The number of rotatable bonds is 3. The van der Waals surface area contributed by atoms with Gasteiger partial charge in [0.1, 0.15) is 5.15 Å². The Balaban J connectivity index is 1.85. The summed E-state index contributed by atoms with van der Waals surface area (Å²) in [5.74, 6) is 0. The second-order valence-electron chi connectivity index (χ2n) is 4.05. The second kappa shape index (κ2) is 5.96. The molecule has 2 rings (SSSR count). The lowest BCUT2D eigenvalue weighted by Crippen LogP contribution is -2.36. The van der Waals surface area contributed by atoms with Crippen molar-refractivity contribution in [1.82, 2.24) is 14.9 Å². The fourth-order valence-corrected chi connectivity index (χ4v) is 2.26. The second-order valence-corrected chi connectivity index (χ2v) is 4.74. The maximum atomic E-state index is 7.10. The Morgan fingerprint density at radius 2 is 2.29 bits per heavy atom. The van der Waals surface area contributed by atoms with Gasteiger partial charge in [0.05, 0.1) is 10.2 Å². The third kappa shape index (κ3) is 3.52. The Labute approximate surface area is 115 Å². The van der Waals surface area contributed by atoms with Crippen LogP contribution in [0.15, 0.2) is 6.20 Å². The van der Waals surface area contributed by atoms with Crippen molar-refractivity contribution < 1.29 is 8.85 Å². The van der Waals surface area contributed by atoms with Crippen LogP contribution in [0.5, 0.6) is 0 Å². The molecule has 0 aliphatic carbocycles.